The number of fused-ring (bicyclic) bond motifs is 1. The third-order valence-corrected chi connectivity index (χ3v) is 6.76. The van der Waals surface area contributed by atoms with E-state index in [0.29, 0.717) is 30.8 Å². The first kappa shape index (κ1) is 23.5. The Hall–Kier alpha value is -2.64. The SMILES string of the molecule is CC(C)C[C@H](CNC(=O)[C@H]1CCCN1C(=O)c1ccc2ccccc2c1O)N1CCOCC1. The molecule has 7 heteroatoms. The molecule has 7 nitrogen and oxygen atoms in total. The Balaban J connectivity index is 1.44. The fraction of sp³-hybridized carbons (Fsp3) is 0.538. The van der Waals surface area contributed by atoms with E-state index in [1.54, 1.807) is 17.0 Å². The summed E-state index contributed by atoms with van der Waals surface area (Å²) in [5, 5.41) is 15.4. The molecular weight excluding hydrogens is 418 g/mol. The number of carbonyl (C=O) groups excluding carboxylic acids is 2. The molecule has 33 heavy (non-hydrogen) atoms. The number of likely N-dealkylation sites (tertiary alicyclic amines) is 1. The number of ether oxygens (including phenoxy) is 1. The molecule has 0 radical (unpaired) electrons. The molecule has 2 aliphatic rings. The minimum absolute atomic E-state index is 0.0199. The number of nitrogens with one attached hydrogen (secondary N) is 1. The van der Waals surface area contributed by atoms with Crippen molar-refractivity contribution >= 4 is 22.6 Å². The van der Waals surface area contributed by atoms with Crippen LogP contribution in [0.4, 0.5) is 0 Å². The standard InChI is InChI=1S/C26H35N3O4/c1-18(2)16-20(28-12-14-33-15-13-28)17-27-25(31)23-8-5-11-29(23)26(32)22-10-9-19-6-3-4-7-21(19)24(22)30/h3-4,6-7,9-10,18,20,23,30H,5,8,11-17H2,1-2H3,(H,27,31)/t20-,23-/m1/s1. The van der Waals surface area contributed by atoms with Crippen LogP contribution in [-0.4, -0.2) is 78.2 Å². The second kappa shape index (κ2) is 10.5. The van der Waals surface area contributed by atoms with Gasteiger partial charge in [0.15, 0.2) is 0 Å². The summed E-state index contributed by atoms with van der Waals surface area (Å²) in [7, 11) is 0. The van der Waals surface area contributed by atoms with E-state index in [4.69, 9.17) is 4.74 Å². The van der Waals surface area contributed by atoms with Crippen molar-refractivity contribution in [3.8, 4) is 5.75 Å². The maximum atomic E-state index is 13.3. The summed E-state index contributed by atoms with van der Waals surface area (Å²) in [4.78, 5) is 30.5. The van der Waals surface area contributed by atoms with Crippen molar-refractivity contribution in [3.63, 3.8) is 0 Å². The van der Waals surface area contributed by atoms with Crippen LogP contribution in [0, 0.1) is 5.92 Å². The molecule has 2 fully saturated rings. The predicted molar refractivity (Wildman–Crippen MR) is 128 cm³/mol. The third kappa shape index (κ3) is 5.31. The number of nitrogens with zero attached hydrogens (tertiary/aromatic N) is 2. The molecule has 178 valence electrons. The van der Waals surface area contributed by atoms with Crippen molar-refractivity contribution in [1.29, 1.82) is 0 Å². The van der Waals surface area contributed by atoms with Gasteiger partial charge in [-0.1, -0.05) is 44.2 Å². The van der Waals surface area contributed by atoms with Gasteiger partial charge < -0.3 is 20.1 Å². The van der Waals surface area contributed by atoms with Crippen LogP contribution in [0.3, 0.4) is 0 Å². The summed E-state index contributed by atoms with van der Waals surface area (Å²) in [6.07, 6.45) is 2.41. The van der Waals surface area contributed by atoms with Crippen LogP contribution >= 0.6 is 0 Å². The van der Waals surface area contributed by atoms with E-state index in [2.05, 4.69) is 24.1 Å². The van der Waals surface area contributed by atoms with Gasteiger partial charge in [0.1, 0.15) is 11.8 Å². The lowest BCUT2D eigenvalue weighted by Crippen LogP contribution is -2.52. The summed E-state index contributed by atoms with van der Waals surface area (Å²) in [5.74, 6) is 0.106. The number of hydrogen-bond donors (Lipinski definition) is 2. The first-order valence-electron chi connectivity index (χ1n) is 12.1. The van der Waals surface area contributed by atoms with Gasteiger partial charge in [-0.2, -0.15) is 0 Å². The van der Waals surface area contributed by atoms with Gasteiger partial charge in [0.25, 0.3) is 5.91 Å². The number of hydrogen-bond acceptors (Lipinski definition) is 5. The molecule has 0 aromatic heterocycles. The van der Waals surface area contributed by atoms with Gasteiger partial charge in [-0.05, 0) is 36.6 Å². The quantitative estimate of drug-likeness (QED) is 0.674. The van der Waals surface area contributed by atoms with E-state index in [1.807, 2.05) is 24.3 Å². The molecule has 2 aromatic carbocycles. The van der Waals surface area contributed by atoms with E-state index in [0.717, 1.165) is 44.5 Å². The van der Waals surface area contributed by atoms with Crippen molar-refractivity contribution in [3.05, 3.63) is 42.0 Å². The van der Waals surface area contributed by atoms with Gasteiger partial charge >= 0.3 is 0 Å². The zero-order valence-corrected chi connectivity index (χ0v) is 19.6. The Morgan fingerprint density at radius 2 is 1.88 bits per heavy atom. The zero-order valence-electron chi connectivity index (χ0n) is 19.6. The largest absolute Gasteiger partial charge is 0.506 e. The number of rotatable bonds is 7. The van der Waals surface area contributed by atoms with Crippen molar-refractivity contribution in [2.75, 3.05) is 39.4 Å². The Morgan fingerprint density at radius 1 is 1.12 bits per heavy atom. The molecule has 0 spiro atoms. The van der Waals surface area contributed by atoms with Crippen molar-refractivity contribution in [2.24, 2.45) is 5.92 Å². The lowest BCUT2D eigenvalue weighted by molar-refractivity contribution is -0.125. The maximum Gasteiger partial charge on any atom is 0.258 e. The topological polar surface area (TPSA) is 82.1 Å². The molecule has 4 rings (SSSR count). The van der Waals surface area contributed by atoms with Gasteiger partial charge in [-0.3, -0.25) is 14.5 Å². The van der Waals surface area contributed by atoms with Crippen LogP contribution < -0.4 is 5.32 Å². The first-order chi connectivity index (χ1) is 16.0. The van der Waals surface area contributed by atoms with Crippen molar-refractivity contribution in [1.82, 2.24) is 15.1 Å². The van der Waals surface area contributed by atoms with Crippen LogP contribution in [0.2, 0.25) is 0 Å². The lowest BCUT2D eigenvalue weighted by Gasteiger charge is -2.36. The minimum atomic E-state index is -0.507. The fourth-order valence-corrected chi connectivity index (χ4v) is 5.05. The van der Waals surface area contributed by atoms with Gasteiger partial charge in [0.2, 0.25) is 5.91 Å². The normalized spacial score (nSPS) is 20.3. The summed E-state index contributed by atoms with van der Waals surface area (Å²) in [5.41, 5.74) is 0.249. The fourth-order valence-electron chi connectivity index (χ4n) is 5.05. The molecule has 2 amide bonds. The van der Waals surface area contributed by atoms with E-state index in [9.17, 15) is 14.7 Å². The highest BCUT2D eigenvalue weighted by molar-refractivity contribution is 6.05. The highest BCUT2D eigenvalue weighted by atomic mass is 16.5. The summed E-state index contributed by atoms with van der Waals surface area (Å²) < 4.78 is 5.49. The Labute approximate surface area is 195 Å². The maximum absolute atomic E-state index is 13.3. The zero-order chi connectivity index (χ0) is 23.4. The highest BCUT2D eigenvalue weighted by Crippen LogP contribution is 2.31. The van der Waals surface area contributed by atoms with Crippen LogP contribution in [0.15, 0.2) is 36.4 Å². The number of aromatic hydroxyl groups is 1. The number of morpholine rings is 1. The van der Waals surface area contributed by atoms with Crippen molar-refractivity contribution < 1.29 is 19.4 Å². The molecule has 0 bridgehead atoms. The summed E-state index contributed by atoms with van der Waals surface area (Å²) in [6.45, 7) is 8.68. The van der Waals surface area contributed by atoms with Crippen LogP contribution in [-0.2, 0) is 9.53 Å². The number of benzene rings is 2. The average Bonchev–Trinajstić information content (AvgIpc) is 3.32. The monoisotopic (exact) mass is 453 g/mol. The summed E-state index contributed by atoms with van der Waals surface area (Å²) in [6, 6.07) is 10.7. The Bertz CT molecular complexity index is 987. The number of phenols is 1. The van der Waals surface area contributed by atoms with Crippen molar-refractivity contribution in [2.45, 2.75) is 45.2 Å². The second-order valence-electron chi connectivity index (χ2n) is 9.52. The number of carbonyl (C=O) groups is 2. The van der Waals surface area contributed by atoms with Crippen LogP contribution in [0.5, 0.6) is 5.75 Å². The van der Waals surface area contributed by atoms with E-state index in [-0.39, 0.29) is 29.2 Å². The Kier molecular flexibility index (Phi) is 7.50. The molecule has 0 saturated carbocycles. The molecule has 2 atom stereocenters. The molecule has 2 heterocycles. The van der Waals surface area contributed by atoms with Crippen LogP contribution in [0.1, 0.15) is 43.5 Å². The van der Waals surface area contributed by atoms with E-state index >= 15 is 0 Å². The van der Waals surface area contributed by atoms with Gasteiger partial charge in [0, 0.05) is 37.6 Å². The first-order valence-corrected chi connectivity index (χ1v) is 12.1. The smallest absolute Gasteiger partial charge is 0.258 e. The second-order valence-corrected chi connectivity index (χ2v) is 9.52. The molecule has 2 N–H and O–H groups in total. The van der Waals surface area contributed by atoms with E-state index in [1.165, 1.54) is 0 Å². The predicted octanol–water partition coefficient (Wildman–Crippen LogP) is 3.01. The van der Waals surface area contributed by atoms with Gasteiger partial charge in [0.05, 0.1) is 18.8 Å². The Morgan fingerprint density at radius 3 is 2.64 bits per heavy atom. The van der Waals surface area contributed by atoms with Gasteiger partial charge in [-0.15, -0.1) is 0 Å². The molecule has 0 aliphatic carbocycles. The summed E-state index contributed by atoms with van der Waals surface area (Å²) >= 11 is 0. The number of amides is 2. The molecule has 2 aromatic rings. The lowest BCUT2D eigenvalue weighted by atomic mass is 10.0. The molecular formula is C26H35N3O4. The minimum Gasteiger partial charge on any atom is -0.506 e. The molecule has 0 unspecified atom stereocenters. The molecule has 2 aliphatic heterocycles. The van der Waals surface area contributed by atoms with E-state index < -0.39 is 6.04 Å². The van der Waals surface area contributed by atoms with Gasteiger partial charge in [-0.25, -0.2) is 0 Å². The highest BCUT2D eigenvalue weighted by Gasteiger charge is 2.36. The third-order valence-electron chi connectivity index (χ3n) is 6.76. The molecule has 2 saturated heterocycles. The average molecular weight is 454 g/mol. The van der Waals surface area contributed by atoms with Crippen LogP contribution in [0.25, 0.3) is 10.8 Å². The number of phenolic OH excluding ortho intramolecular Hbond substituents is 1.